The minimum Gasteiger partial charge on any atom is -0.351 e. The predicted octanol–water partition coefficient (Wildman–Crippen LogP) is 2.88. The summed E-state index contributed by atoms with van der Waals surface area (Å²) >= 11 is 1.48. The Hall–Kier alpha value is -1.83. The summed E-state index contributed by atoms with van der Waals surface area (Å²) in [4.78, 5) is 12.5. The van der Waals surface area contributed by atoms with Gasteiger partial charge in [0.05, 0.1) is 10.1 Å². The van der Waals surface area contributed by atoms with Crippen molar-refractivity contribution in [3.63, 3.8) is 0 Å². The van der Waals surface area contributed by atoms with Crippen LogP contribution in [0.5, 0.6) is 0 Å². The number of hydrogen-bond donors (Lipinski definition) is 1. The van der Waals surface area contributed by atoms with Gasteiger partial charge in [-0.2, -0.15) is 0 Å². The Balaban J connectivity index is 1.90. The smallest absolute Gasteiger partial charge is 0.242 e. The minimum atomic E-state index is -3.45. The lowest BCUT2D eigenvalue weighted by atomic mass is 10.2. The van der Waals surface area contributed by atoms with Crippen LogP contribution < -0.4 is 5.32 Å². The Labute approximate surface area is 159 Å². The van der Waals surface area contributed by atoms with E-state index in [4.69, 9.17) is 0 Å². The fourth-order valence-corrected chi connectivity index (χ4v) is 4.06. The van der Waals surface area contributed by atoms with Gasteiger partial charge in [-0.05, 0) is 30.2 Å². The van der Waals surface area contributed by atoms with Gasteiger partial charge in [0.2, 0.25) is 15.9 Å². The fraction of sp³-hybridized carbons (Fsp3) is 0.316. The highest BCUT2D eigenvalue weighted by Crippen LogP contribution is 2.21. The molecule has 0 saturated carbocycles. The molecule has 1 atom stereocenters. The van der Waals surface area contributed by atoms with E-state index in [1.165, 1.54) is 30.2 Å². The highest BCUT2D eigenvalue weighted by atomic mass is 32.2. The maximum absolute atomic E-state index is 12.2. The van der Waals surface area contributed by atoms with Crippen molar-refractivity contribution in [1.82, 2.24) is 9.62 Å². The first-order valence-corrected chi connectivity index (χ1v) is 10.7. The van der Waals surface area contributed by atoms with E-state index in [1.54, 1.807) is 18.2 Å². The number of carbonyl (C=O) groups excluding carboxylic acids is 1. The lowest BCUT2D eigenvalue weighted by Crippen LogP contribution is -2.30. The Kier molecular flexibility index (Phi) is 7.25. The van der Waals surface area contributed by atoms with Crippen LogP contribution in [0.15, 0.2) is 59.5 Å². The fourth-order valence-electron chi connectivity index (χ4n) is 2.23. The Bertz CT molecular complexity index is 837. The minimum absolute atomic E-state index is 0.0316. The van der Waals surface area contributed by atoms with E-state index in [0.717, 1.165) is 11.1 Å². The van der Waals surface area contributed by atoms with Crippen LogP contribution in [-0.2, 0) is 27.1 Å². The van der Waals surface area contributed by atoms with Gasteiger partial charge in [-0.15, -0.1) is 11.8 Å². The number of nitrogens with zero attached hydrogens (tertiary/aromatic N) is 1. The molecular formula is C19H24N2O3S2. The van der Waals surface area contributed by atoms with Crippen LogP contribution in [0.25, 0.3) is 0 Å². The number of rotatable bonds is 8. The Morgan fingerprint density at radius 1 is 1.08 bits per heavy atom. The molecule has 2 rings (SSSR count). The van der Waals surface area contributed by atoms with Gasteiger partial charge in [-0.1, -0.05) is 42.5 Å². The normalized spacial score (nSPS) is 12.8. The SMILES string of the molecule is C[C@@H](SCc1cccc(S(=O)(=O)N(C)C)c1)C(=O)NCc1ccccc1. The quantitative estimate of drug-likeness (QED) is 0.750. The van der Waals surface area contributed by atoms with Crippen LogP contribution in [0, 0.1) is 0 Å². The van der Waals surface area contributed by atoms with Crippen molar-refractivity contribution in [2.75, 3.05) is 14.1 Å². The largest absolute Gasteiger partial charge is 0.351 e. The molecule has 0 spiro atoms. The maximum Gasteiger partial charge on any atom is 0.242 e. The molecule has 0 heterocycles. The van der Waals surface area contributed by atoms with Crippen LogP contribution in [0.3, 0.4) is 0 Å². The highest BCUT2D eigenvalue weighted by Gasteiger charge is 2.18. The topological polar surface area (TPSA) is 66.5 Å². The van der Waals surface area contributed by atoms with E-state index in [-0.39, 0.29) is 16.1 Å². The second-order valence-electron chi connectivity index (χ2n) is 6.09. The standard InChI is InChI=1S/C19H24N2O3S2/c1-15(19(22)20-13-16-8-5-4-6-9-16)25-14-17-10-7-11-18(12-17)26(23,24)21(2)3/h4-12,15H,13-14H2,1-3H3,(H,20,22)/t15-/m1/s1. The Morgan fingerprint density at radius 3 is 2.38 bits per heavy atom. The van der Waals surface area contributed by atoms with Crippen molar-refractivity contribution in [2.24, 2.45) is 0 Å². The molecule has 0 aliphatic heterocycles. The van der Waals surface area contributed by atoms with E-state index >= 15 is 0 Å². The number of benzene rings is 2. The second-order valence-corrected chi connectivity index (χ2v) is 9.57. The lowest BCUT2D eigenvalue weighted by molar-refractivity contribution is -0.120. The zero-order valence-electron chi connectivity index (χ0n) is 15.2. The van der Waals surface area contributed by atoms with Gasteiger partial charge in [0.15, 0.2) is 0 Å². The van der Waals surface area contributed by atoms with Crippen LogP contribution in [0.2, 0.25) is 0 Å². The maximum atomic E-state index is 12.2. The van der Waals surface area contributed by atoms with E-state index in [2.05, 4.69) is 5.32 Å². The van der Waals surface area contributed by atoms with Crippen molar-refractivity contribution in [3.8, 4) is 0 Å². The van der Waals surface area contributed by atoms with Crippen molar-refractivity contribution in [1.29, 1.82) is 0 Å². The van der Waals surface area contributed by atoms with Crippen LogP contribution in [0.1, 0.15) is 18.1 Å². The van der Waals surface area contributed by atoms with Crippen LogP contribution in [-0.4, -0.2) is 38.0 Å². The molecule has 1 amide bonds. The van der Waals surface area contributed by atoms with E-state index in [9.17, 15) is 13.2 Å². The molecule has 2 aromatic rings. The molecule has 0 unspecified atom stereocenters. The summed E-state index contributed by atoms with van der Waals surface area (Å²) in [6, 6.07) is 16.6. The van der Waals surface area contributed by atoms with E-state index < -0.39 is 10.0 Å². The van der Waals surface area contributed by atoms with Crippen LogP contribution >= 0.6 is 11.8 Å². The molecule has 0 fully saturated rings. The number of carbonyl (C=O) groups is 1. The first-order valence-electron chi connectivity index (χ1n) is 8.25. The second kappa shape index (κ2) is 9.21. The molecule has 0 radical (unpaired) electrons. The molecular weight excluding hydrogens is 368 g/mol. The number of hydrogen-bond acceptors (Lipinski definition) is 4. The zero-order valence-corrected chi connectivity index (χ0v) is 16.8. The molecule has 1 N–H and O–H groups in total. The predicted molar refractivity (Wildman–Crippen MR) is 106 cm³/mol. The third-order valence-electron chi connectivity index (χ3n) is 3.86. The summed E-state index contributed by atoms with van der Waals surface area (Å²) < 4.78 is 25.6. The van der Waals surface area contributed by atoms with Crippen molar-refractivity contribution in [2.45, 2.75) is 29.4 Å². The van der Waals surface area contributed by atoms with Gasteiger partial charge in [-0.3, -0.25) is 4.79 Å². The first kappa shape index (κ1) is 20.5. The lowest BCUT2D eigenvalue weighted by Gasteiger charge is -2.14. The van der Waals surface area contributed by atoms with Gasteiger partial charge in [0.1, 0.15) is 0 Å². The molecule has 5 nitrogen and oxygen atoms in total. The summed E-state index contributed by atoms with van der Waals surface area (Å²) in [7, 11) is -0.429. The van der Waals surface area contributed by atoms with Crippen molar-refractivity contribution in [3.05, 3.63) is 65.7 Å². The van der Waals surface area contributed by atoms with Gasteiger partial charge in [-0.25, -0.2) is 12.7 Å². The Morgan fingerprint density at radius 2 is 1.73 bits per heavy atom. The molecule has 0 aliphatic rings. The van der Waals surface area contributed by atoms with Gasteiger partial charge in [0.25, 0.3) is 0 Å². The molecule has 140 valence electrons. The molecule has 7 heteroatoms. The molecule has 0 aliphatic carbocycles. The number of nitrogens with one attached hydrogen (secondary N) is 1. The first-order chi connectivity index (χ1) is 12.3. The number of thioether (sulfide) groups is 1. The van der Waals surface area contributed by atoms with Crippen LogP contribution in [0.4, 0.5) is 0 Å². The summed E-state index contributed by atoms with van der Waals surface area (Å²) in [5.41, 5.74) is 1.93. The summed E-state index contributed by atoms with van der Waals surface area (Å²) in [5.74, 6) is 0.535. The average Bonchev–Trinajstić information content (AvgIpc) is 2.65. The summed E-state index contributed by atoms with van der Waals surface area (Å²) in [6.07, 6.45) is 0. The highest BCUT2D eigenvalue weighted by molar-refractivity contribution is 7.99. The number of sulfonamides is 1. The van der Waals surface area contributed by atoms with Gasteiger partial charge >= 0.3 is 0 Å². The van der Waals surface area contributed by atoms with Gasteiger partial charge < -0.3 is 5.32 Å². The molecule has 0 aromatic heterocycles. The third kappa shape index (κ3) is 5.59. The third-order valence-corrected chi connectivity index (χ3v) is 6.88. The number of amides is 1. The van der Waals surface area contributed by atoms with E-state index in [0.29, 0.717) is 12.3 Å². The molecule has 26 heavy (non-hydrogen) atoms. The summed E-state index contributed by atoms with van der Waals surface area (Å²) in [5, 5.41) is 2.69. The molecule has 0 bridgehead atoms. The van der Waals surface area contributed by atoms with E-state index in [1.807, 2.05) is 43.3 Å². The van der Waals surface area contributed by atoms with Crippen molar-refractivity contribution < 1.29 is 13.2 Å². The van der Waals surface area contributed by atoms with Crippen molar-refractivity contribution >= 4 is 27.7 Å². The summed E-state index contributed by atoms with van der Waals surface area (Å²) in [6.45, 7) is 2.35. The average molecular weight is 393 g/mol. The molecule has 2 aromatic carbocycles. The molecule has 0 saturated heterocycles. The monoisotopic (exact) mass is 392 g/mol. The zero-order chi connectivity index (χ0) is 19.2. The van der Waals surface area contributed by atoms with Gasteiger partial charge in [0, 0.05) is 26.4 Å².